The summed E-state index contributed by atoms with van der Waals surface area (Å²) in [7, 11) is 3.89. The van der Waals surface area contributed by atoms with Crippen molar-refractivity contribution >= 4 is 0 Å². The Balaban J connectivity index is 2.27. The van der Waals surface area contributed by atoms with Crippen LogP contribution in [0.15, 0.2) is 0 Å². The highest BCUT2D eigenvalue weighted by Crippen LogP contribution is 2.05. The van der Waals surface area contributed by atoms with Crippen LogP contribution >= 0.6 is 0 Å². The van der Waals surface area contributed by atoms with Crippen LogP contribution in [0.2, 0.25) is 0 Å². The zero-order valence-corrected chi connectivity index (χ0v) is 8.70. The minimum absolute atomic E-state index is 0.519. The summed E-state index contributed by atoms with van der Waals surface area (Å²) in [6.45, 7) is 5.93. The van der Waals surface area contributed by atoms with Gasteiger partial charge in [-0.15, -0.1) is 0 Å². The van der Waals surface area contributed by atoms with Crippen LogP contribution in [-0.2, 0) is 4.74 Å². The molecule has 1 fully saturated rings. The van der Waals surface area contributed by atoms with Crippen LogP contribution in [0.25, 0.3) is 0 Å². The van der Waals surface area contributed by atoms with Gasteiger partial charge in [0.2, 0.25) is 0 Å². The van der Waals surface area contributed by atoms with Crippen LogP contribution in [-0.4, -0.2) is 69.3 Å². The van der Waals surface area contributed by atoms with E-state index in [4.69, 9.17) is 10.5 Å². The van der Waals surface area contributed by atoms with Gasteiger partial charge in [-0.25, -0.2) is 0 Å². The van der Waals surface area contributed by atoms with Gasteiger partial charge >= 0.3 is 0 Å². The molecule has 13 heavy (non-hydrogen) atoms. The maximum Gasteiger partial charge on any atom is 0.0589 e. The Morgan fingerprint density at radius 1 is 1.46 bits per heavy atom. The summed E-state index contributed by atoms with van der Waals surface area (Å²) in [5.74, 6) is 0. The molecule has 0 aromatic heterocycles. The molecule has 0 aromatic carbocycles. The first-order valence-electron chi connectivity index (χ1n) is 4.89. The van der Waals surface area contributed by atoms with Crippen molar-refractivity contribution in [2.75, 3.05) is 53.5 Å². The molecule has 2 N–H and O–H groups in total. The van der Waals surface area contributed by atoms with Crippen molar-refractivity contribution in [3.8, 4) is 0 Å². The molecule has 1 atom stereocenters. The molecular weight excluding hydrogens is 166 g/mol. The summed E-state index contributed by atoms with van der Waals surface area (Å²) in [5, 5.41) is 0. The predicted molar refractivity (Wildman–Crippen MR) is 53.8 cm³/mol. The minimum Gasteiger partial charge on any atom is -0.383 e. The number of rotatable bonds is 4. The van der Waals surface area contributed by atoms with E-state index in [-0.39, 0.29) is 0 Å². The second-order valence-corrected chi connectivity index (χ2v) is 3.66. The van der Waals surface area contributed by atoms with Crippen LogP contribution in [0.5, 0.6) is 0 Å². The fourth-order valence-corrected chi connectivity index (χ4v) is 1.69. The van der Waals surface area contributed by atoms with E-state index >= 15 is 0 Å². The molecule has 0 aliphatic carbocycles. The van der Waals surface area contributed by atoms with E-state index in [9.17, 15) is 0 Å². The molecule has 0 bridgehead atoms. The molecule has 1 aliphatic rings. The maximum absolute atomic E-state index is 5.68. The Bertz CT molecular complexity index is 141. The Morgan fingerprint density at radius 3 is 2.85 bits per heavy atom. The third kappa shape index (κ3) is 3.23. The molecule has 0 saturated carbocycles. The van der Waals surface area contributed by atoms with Crippen LogP contribution < -0.4 is 5.73 Å². The number of nitrogens with two attached hydrogens (primary N) is 1. The third-order valence-electron chi connectivity index (χ3n) is 2.74. The average molecular weight is 187 g/mol. The minimum atomic E-state index is 0.519. The second-order valence-electron chi connectivity index (χ2n) is 3.66. The van der Waals surface area contributed by atoms with Crippen molar-refractivity contribution in [1.29, 1.82) is 0 Å². The number of ether oxygens (including phenoxy) is 1. The molecule has 0 spiro atoms. The molecule has 1 saturated heterocycles. The summed E-state index contributed by atoms with van der Waals surface area (Å²) in [6.07, 6.45) is 0. The van der Waals surface area contributed by atoms with Gasteiger partial charge in [-0.3, -0.25) is 9.80 Å². The summed E-state index contributed by atoms with van der Waals surface area (Å²) < 4.78 is 5.05. The zero-order chi connectivity index (χ0) is 9.68. The van der Waals surface area contributed by atoms with Crippen LogP contribution in [0, 0.1) is 0 Å². The van der Waals surface area contributed by atoms with Gasteiger partial charge in [0.15, 0.2) is 0 Å². The standard InChI is InChI=1S/C9H21N3O/c1-11-3-4-12(5-6-13-2)8-9(11)7-10/h9H,3-8,10H2,1-2H3. The Morgan fingerprint density at radius 2 is 2.23 bits per heavy atom. The Labute approximate surface area is 80.6 Å². The van der Waals surface area contributed by atoms with Crippen LogP contribution in [0.4, 0.5) is 0 Å². The van der Waals surface area contributed by atoms with Gasteiger partial charge < -0.3 is 10.5 Å². The molecular formula is C9H21N3O. The normalized spacial score (nSPS) is 26.5. The smallest absolute Gasteiger partial charge is 0.0589 e. The van der Waals surface area contributed by atoms with Gasteiger partial charge in [-0.1, -0.05) is 0 Å². The van der Waals surface area contributed by atoms with Crippen molar-refractivity contribution in [3.05, 3.63) is 0 Å². The average Bonchev–Trinajstić information content (AvgIpc) is 2.16. The highest BCUT2D eigenvalue weighted by molar-refractivity contribution is 4.80. The SMILES string of the molecule is COCCN1CCN(C)C(CN)C1. The van der Waals surface area contributed by atoms with Crippen molar-refractivity contribution < 1.29 is 4.74 Å². The van der Waals surface area contributed by atoms with Crippen LogP contribution in [0.1, 0.15) is 0 Å². The molecule has 1 heterocycles. The van der Waals surface area contributed by atoms with E-state index in [1.165, 1.54) is 0 Å². The maximum atomic E-state index is 5.68. The van der Waals surface area contributed by atoms with Gasteiger partial charge in [-0.05, 0) is 7.05 Å². The lowest BCUT2D eigenvalue weighted by molar-refractivity contribution is 0.0743. The van der Waals surface area contributed by atoms with Crippen molar-refractivity contribution in [2.24, 2.45) is 5.73 Å². The molecule has 0 radical (unpaired) electrons. The molecule has 0 aromatic rings. The third-order valence-corrected chi connectivity index (χ3v) is 2.74. The fourth-order valence-electron chi connectivity index (χ4n) is 1.69. The topological polar surface area (TPSA) is 41.7 Å². The highest BCUT2D eigenvalue weighted by Gasteiger charge is 2.22. The van der Waals surface area contributed by atoms with E-state index in [0.29, 0.717) is 6.04 Å². The predicted octanol–water partition coefficient (Wildman–Crippen LogP) is -0.792. The van der Waals surface area contributed by atoms with Gasteiger partial charge in [-0.2, -0.15) is 0 Å². The summed E-state index contributed by atoms with van der Waals surface area (Å²) in [4.78, 5) is 4.75. The van der Waals surface area contributed by atoms with Gasteiger partial charge in [0.1, 0.15) is 0 Å². The van der Waals surface area contributed by atoms with Crippen LogP contribution in [0.3, 0.4) is 0 Å². The van der Waals surface area contributed by atoms with Gasteiger partial charge in [0.05, 0.1) is 6.61 Å². The lowest BCUT2D eigenvalue weighted by Crippen LogP contribution is -2.54. The van der Waals surface area contributed by atoms with Gasteiger partial charge in [0, 0.05) is 45.9 Å². The van der Waals surface area contributed by atoms with E-state index in [2.05, 4.69) is 16.8 Å². The summed E-state index contributed by atoms with van der Waals surface area (Å²) >= 11 is 0. The molecule has 1 rings (SSSR count). The first-order chi connectivity index (χ1) is 6.27. The number of hydrogen-bond acceptors (Lipinski definition) is 4. The second kappa shape index (κ2) is 5.54. The molecule has 0 amide bonds. The van der Waals surface area contributed by atoms with E-state index in [1.54, 1.807) is 7.11 Å². The molecule has 1 unspecified atom stereocenters. The number of nitrogens with zero attached hydrogens (tertiary/aromatic N) is 2. The quantitative estimate of drug-likeness (QED) is 0.626. The lowest BCUT2D eigenvalue weighted by atomic mass is 10.2. The van der Waals surface area contributed by atoms with E-state index in [1.807, 2.05) is 0 Å². The summed E-state index contributed by atoms with van der Waals surface area (Å²) in [5.41, 5.74) is 5.68. The highest BCUT2D eigenvalue weighted by atomic mass is 16.5. The fraction of sp³-hybridized carbons (Fsp3) is 1.00. The van der Waals surface area contributed by atoms with Crippen molar-refractivity contribution in [2.45, 2.75) is 6.04 Å². The molecule has 4 nitrogen and oxygen atoms in total. The monoisotopic (exact) mass is 187 g/mol. The van der Waals surface area contributed by atoms with E-state index < -0.39 is 0 Å². The number of methoxy groups -OCH3 is 1. The molecule has 4 heteroatoms. The summed E-state index contributed by atoms with van der Waals surface area (Å²) in [6, 6.07) is 0.519. The number of piperazine rings is 1. The number of hydrogen-bond donors (Lipinski definition) is 1. The largest absolute Gasteiger partial charge is 0.383 e. The first-order valence-corrected chi connectivity index (χ1v) is 4.89. The van der Waals surface area contributed by atoms with Crippen molar-refractivity contribution in [3.63, 3.8) is 0 Å². The van der Waals surface area contributed by atoms with E-state index in [0.717, 1.165) is 39.3 Å². The number of likely N-dealkylation sites (N-methyl/N-ethyl adjacent to an activating group) is 1. The van der Waals surface area contributed by atoms with Crippen molar-refractivity contribution in [1.82, 2.24) is 9.80 Å². The molecule has 78 valence electrons. The zero-order valence-electron chi connectivity index (χ0n) is 8.70. The first kappa shape index (κ1) is 10.9. The lowest BCUT2D eigenvalue weighted by Gasteiger charge is -2.38. The Hall–Kier alpha value is -0.160. The molecule has 1 aliphatic heterocycles. The Kier molecular flexibility index (Phi) is 4.66. The van der Waals surface area contributed by atoms with Gasteiger partial charge in [0.25, 0.3) is 0 Å².